The first-order valence-corrected chi connectivity index (χ1v) is 19.6. The molecule has 0 radical (unpaired) electrons. The van der Waals surface area contributed by atoms with E-state index in [-0.39, 0.29) is 10.6 Å². The molecule has 1 saturated heterocycles. The second kappa shape index (κ2) is 12.0. The van der Waals surface area contributed by atoms with Crippen LogP contribution in [0.2, 0.25) is 5.04 Å². The number of anilines is 1. The van der Waals surface area contributed by atoms with Crippen LogP contribution in [0, 0.1) is 0 Å². The summed E-state index contributed by atoms with van der Waals surface area (Å²) in [5, 5.41) is 10.2. The van der Waals surface area contributed by atoms with Crippen LogP contribution in [0.25, 0.3) is 0 Å². The van der Waals surface area contributed by atoms with E-state index in [9.17, 15) is 4.79 Å². The van der Waals surface area contributed by atoms with Crippen molar-refractivity contribution in [1.82, 2.24) is 10.0 Å². The maximum atomic E-state index is 15.3. The van der Waals surface area contributed by atoms with Crippen molar-refractivity contribution >= 4 is 40.2 Å². The molecule has 0 bridgehead atoms. The fourth-order valence-electron chi connectivity index (χ4n) is 7.47. The summed E-state index contributed by atoms with van der Waals surface area (Å²) < 4.78 is 23.8. The predicted octanol–water partition coefficient (Wildman–Crippen LogP) is 6.38. The molecule has 6 rings (SSSR count). The Morgan fingerprint density at radius 2 is 1.48 bits per heavy atom. The molecule has 2 aliphatic carbocycles. The highest BCUT2D eigenvalue weighted by atomic mass is 32.2. The molecule has 0 aromatic heterocycles. The molecule has 3 N–H and O–H groups in total. The van der Waals surface area contributed by atoms with Crippen molar-refractivity contribution in [1.29, 1.82) is 0 Å². The Morgan fingerprint density at radius 3 is 1.98 bits per heavy atom. The average Bonchev–Trinajstić information content (AvgIpc) is 3.77. The zero-order chi connectivity index (χ0) is 31.0. The topological polar surface area (TPSA) is 82.6 Å². The number of nitrogens with one attached hydrogen (secondary N) is 3. The molecule has 232 valence electrons. The van der Waals surface area contributed by atoms with Gasteiger partial charge in [-0.1, -0.05) is 93.6 Å². The molecule has 1 unspecified atom stereocenters. The molecule has 3 aromatic rings. The Balaban J connectivity index is 1.49. The van der Waals surface area contributed by atoms with Crippen molar-refractivity contribution in [3.8, 4) is 0 Å². The van der Waals surface area contributed by atoms with E-state index in [1.165, 1.54) is 22.3 Å². The zero-order valence-corrected chi connectivity index (χ0v) is 28.4. The van der Waals surface area contributed by atoms with E-state index >= 15 is 4.21 Å². The van der Waals surface area contributed by atoms with Gasteiger partial charge in [-0.25, -0.2) is 17.8 Å². The lowest BCUT2D eigenvalue weighted by Gasteiger charge is -2.40. The van der Waals surface area contributed by atoms with Gasteiger partial charge in [0.05, 0.1) is 0 Å². The fourth-order valence-corrected chi connectivity index (χ4v) is 15.7. The van der Waals surface area contributed by atoms with Crippen LogP contribution in [0.1, 0.15) is 75.6 Å². The van der Waals surface area contributed by atoms with E-state index < -0.39 is 24.2 Å². The number of amides is 2. The highest BCUT2D eigenvalue weighted by Gasteiger charge is 2.50. The third kappa shape index (κ3) is 5.92. The Kier molecular flexibility index (Phi) is 8.37. The summed E-state index contributed by atoms with van der Waals surface area (Å²) in [6.45, 7) is 9.58. The first-order chi connectivity index (χ1) is 21.0. The van der Waals surface area contributed by atoms with E-state index in [4.69, 9.17) is 4.03 Å². The van der Waals surface area contributed by atoms with E-state index in [0.29, 0.717) is 0 Å². The molecule has 0 spiro atoms. The molecular formula is C36H46N4O2SSi. The Labute approximate surface area is 264 Å². The maximum Gasteiger partial charge on any atom is 0.331 e. The molecule has 0 saturated carbocycles. The van der Waals surface area contributed by atoms with Crippen molar-refractivity contribution in [3.05, 3.63) is 100 Å². The molecule has 3 aromatic carbocycles. The van der Waals surface area contributed by atoms with Gasteiger partial charge in [0.25, 0.3) is 8.24 Å². The number of carbonyl (C=O) groups excluding carboxylic acids is 1. The standard InChI is InChI=1S/C36H46N4O2SSi/c1-35(2,3)44(29-16-7-5-8-17-29,30-18-9-6-10-19-30)40-43(42,25-23-36(4)22-13-24-37-36)39-34(41)38-33-31-20-11-14-27(31)26-28-15-12-21-32(28)33/h5-10,16-19,23,25-26,37H,11-15,20-22,24H2,1-4H3,(H2,38,39,40,41,42)/b25-23+/t36-,43?/m1/s1. The van der Waals surface area contributed by atoms with Crippen molar-refractivity contribution in [2.45, 2.75) is 89.6 Å². The smallest absolute Gasteiger partial charge is 0.308 e. The second-order valence-electron chi connectivity index (χ2n) is 13.9. The van der Waals surface area contributed by atoms with Crippen LogP contribution in [-0.2, 0) is 35.6 Å². The van der Waals surface area contributed by atoms with Crippen molar-refractivity contribution in [2.75, 3.05) is 11.9 Å². The van der Waals surface area contributed by atoms with Gasteiger partial charge in [-0.3, -0.25) is 0 Å². The van der Waals surface area contributed by atoms with Gasteiger partial charge in [0.2, 0.25) is 0 Å². The summed E-state index contributed by atoms with van der Waals surface area (Å²) in [4.78, 5) is 14.0. The molecule has 1 aliphatic heterocycles. The Hall–Kier alpha value is -3.20. The zero-order valence-electron chi connectivity index (χ0n) is 26.5. The molecule has 44 heavy (non-hydrogen) atoms. The number of benzene rings is 3. The van der Waals surface area contributed by atoms with Crippen LogP contribution in [-0.4, -0.2) is 30.6 Å². The first kappa shape index (κ1) is 30.8. The molecule has 1 heterocycles. The highest BCUT2D eigenvalue weighted by Crippen LogP contribution is 2.40. The van der Waals surface area contributed by atoms with E-state index in [0.717, 1.165) is 74.0 Å². The van der Waals surface area contributed by atoms with Crippen LogP contribution in [0.15, 0.2) is 82.2 Å². The Bertz CT molecular complexity index is 1610. The summed E-state index contributed by atoms with van der Waals surface area (Å²) in [7, 11) is -6.54. The minimum absolute atomic E-state index is 0.303. The van der Waals surface area contributed by atoms with Crippen molar-refractivity contribution in [2.24, 2.45) is 4.03 Å². The van der Waals surface area contributed by atoms with Crippen LogP contribution in [0.5, 0.6) is 0 Å². The Morgan fingerprint density at radius 1 is 0.909 bits per heavy atom. The number of hydrogen-bond donors (Lipinski definition) is 3. The molecule has 2 amide bonds. The quantitative estimate of drug-likeness (QED) is 0.266. The van der Waals surface area contributed by atoms with Gasteiger partial charge >= 0.3 is 6.03 Å². The fraction of sp³-hybridized carbons (Fsp3) is 0.417. The summed E-state index contributed by atoms with van der Waals surface area (Å²) in [5.41, 5.74) is 5.81. The summed E-state index contributed by atoms with van der Waals surface area (Å²) in [5.74, 6) is 0. The first-order valence-electron chi connectivity index (χ1n) is 16.1. The van der Waals surface area contributed by atoms with E-state index in [1.807, 2.05) is 42.5 Å². The third-order valence-electron chi connectivity index (χ3n) is 9.71. The largest absolute Gasteiger partial charge is 0.331 e. The van der Waals surface area contributed by atoms with Gasteiger partial charge in [0, 0.05) is 16.6 Å². The van der Waals surface area contributed by atoms with Gasteiger partial charge in [0.1, 0.15) is 9.92 Å². The van der Waals surface area contributed by atoms with Gasteiger partial charge in [0.15, 0.2) is 0 Å². The minimum Gasteiger partial charge on any atom is -0.308 e. The number of fused-ring (bicyclic) bond motifs is 2. The monoisotopic (exact) mass is 626 g/mol. The minimum atomic E-state index is -3.40. The normalized spacial score (nSPS) is 21.1. The SMILES string of the molecule is CC(C)(C)[Si](N=S(=O)(/C=C/[C@@]1(C)CCCN1)NC(=O)Nc1c2c(cc3c1CCC3)CCC2)(c1ccccc1)c1ccccc1. The molecule has 2 atom stereocenters. The number of nitrogens with zero attached hydrogens (tertiary/aromatic N) is 1. The van der Waals surface area contributed by atoms with Crippen LogP contribution < -0.4 is 25.7 Å². The van der Waals surface area contributed by atoms with Crippen LogP contribution in [0.3, 0.4) is 0 Å². The molecule has 8 heteroatoms. The molecular weight excluding hydrogens is 581 g/mol. The third-order valence-corrected chi connectivity index (χ3v) is 17.4. The second-order valence-corrected chi connectivity index (χ2v) is 20.3. The van der Waals surface area contributed by atoms with Crippen LogP contribution in [0.4, 0.5) is 10.5 Å². The van der Waals surface area contributed by atoms with E-state index in [2.05, 4.69) is 73.4 Å². The lowest BCUT2D eigenvalue weighted by atomic mass is 9.99. The lowest BCUT2D eigenvalue weighted by Crippen LogP contribution is -2.64. The molecule has 6 nitrogen and oxygen atoms in total. The number of carbonyl (C=O) groups is 1. The van der Waals surface area contributed by atoms with Crippen molar-refractivity contribution < 1.29 is 9.00 Å². The number of rotatable bonds is 7. The predicted molar refractivity (Wildman–Crippen MR) is 186 cm³/mol. The summed E-state index contributed by atoms with van der Waals surface area (Å²) in [6, 6.07) is 22.4. The summed E-state index contributed by atoms with van der Waals surface area (Å²) in [6.07, 6.45) is 10.2. The van der Waals surface area contributed by atoms with Crippen LogP contribution >= 0.6 is 0 Å². The van der Waals surface area contributed by atoms with Gasteiger partial charge in [-0.2, -0.15) is 0 Å². The van der Waals surface area contributed by atoms with E-state index in [1.54, 1.807) is 5.41 Å². The number of aryl methyl sites for hydroxylation is 2. The van der Waals surface area contributed by atoms with Crippen molar-refractivity contribution in [3.63, 3.8) is 0 Å². The average molecular weight is 627 g/mol. The van der Waals surface area contributed by atoms with Gasteiger partial charge < -0.3 is 10.6 Å². The van der Waals surface area contributed by atoms with Gasteiger partial charge in [-0.05, 0) is 103 Å². The number of urea groups is 1. The molecule has 3 aliphatic rings. The maximum absolute atomic E-state index is 15.3. The molecule has 1 fully saturated rings. The lowest BCUT2D eigenvalue weighted by molar-refractivity contribution is 0.257. The van der Waals surface area contributed by atoms with Gasteiger partial charge in [-0.15, -0.1) is 0 Å². The number of hydrogen-bond acceptors (Lipinski definition) is 4. The highest BCUT2D eigenvalue weighted by molar-refractivity contribution is 7.96. The summed E-state index contributed by atoms with van der Waals surface area (Å²) >= 11 is 0.